The van der Waals surface area contributed by atoms with Crippen molar-refractivity contribution < 1.29 is 14.3 Å². The second-order valence-electron chi connectivity index (χ2n) is 6.75. The van der Waals surface area contributed by atoms with Gasteiger partial charge in [0, 0.05) is 5.69 Å². The van der Waals surface area contributed by atoms with Crippen LogP contribution >= 0.6 is 11.6 Å². The summed E-state index contributed by atoms with van der Waals surface area (Å²) in [4.78, 5) is 25.1. The van der Waals surface area contributed by atoms with Crippen LogP contribution < -0.4 is 5.32 Å². The van der Waals surface area contributed by atoms with E-state index in [0.29, 0.717) is 17.9 Å². The van der Waals surface area contributed by atoms with Crippen LogP contribution in [0.15, 0.2) is 54.6 Å². The summed E-state index contributed by atoms with van der Waals surface area (Å²) in [7, 11) is 0. The number of rotatable bonds is 6. The number of hydrogen-bond donors (Lipinski definition) is 1. The summed E-state index contributed by atoms with van der Waals surface area (Å²) in [6.07, 6.45) is -0.991. The molecule has 0 aliphatic heterocycles. The molecule has 1 N–H and O–H groups in total. The van der Waals surface area contributed by atoms with Gasteiger partial charge in [-0.25, -0.2) is 9.48 Å². The van der Waals surface area contributed by atoms with Crippen LogP contribution in [0.1, 0.15) is 34.1 Å². The number of halogens is 1. The van der Waals surface area contributed by atoms with Crippen LogP contribution in [0.25, 0.3) is 0 Å². The molecule has 1 atom stereocenters. The van der Waals surface area contributed by atoms with Gasteiger partial charge in [0.15, 0.2) is 6.10 Å². The van der Waals surface area contributed by atoms with Gasteiger partial charge in [0.25, 0.3) is 5.91 Å². The molecule has 0 saturated carbocycles. The van der Waals surface area contributed by atoms with E-state index in [0.717, 1.165) is 11.1 Å². The Labute approximate surface area is 174 Å². The highest BCUT2D eigenvalue weighted by Gasteiger charge is 2.26. The summed E-state index contributed by atoms with van der Waals surface area (Å²) >= 11 is 6.39. The molecule has 0 aliphatic rings. The molecule has 0 radical (unpaired) electrons. The highest BCUT2D eigenvalue weighted by atomic mass is 35.5. The van der Waals surface area contributed by atoms with Crippen LogP contribution in [0.2, 0.25) is 5.15 Å². The molecule has 1 heterocycles. The minimum atomic E-state index is -0.991. The standard InChI is InChI=1S/C22H22ClN3O3/c1-14-9-7-8-12-18(14)24-21(27)16(3)29-22(28)19-15(2)25-26(20(19)23)13-17-10-5-4-6-11-17/h4-12,16H,13H2,1-3H3,(H,24,27). The lowest BCUT2D eigenvalue weighted by Gasteiger charge is -2.14. The van der Waals surface area contributed by atoms with Crippen LogP contribution in [0.3, 0.4) is 0 Å². The van der Waals surface area contributed by atoms with E-state index in [9.17, 15) is 9.59 Å². The summed E-state index contributed by atoms with van der Waals surface area (Å²) in [5, 5.41) is 7.29. The zero-order valence-electron chi connectivity index (χ0n) is 16.5. The topological polar surface area (TPSA) is 73.2 Å². The van der Waals surface area contributed by atoms with Crippen molar-refractivity contribution >= 4 is 29.2 Å². The summed E-state index contributed by atoms with van der Waals surface area (Å²) in [6.45, 7) is 5.51. The Balaban J connectivity index is 1.70. The van der Waals surface area contributed by atoms with Crippen LogP contribution in [-0.2, 0) is 16.1 Å². The Morgan fingerprint density at radius 2 is 1.76 bits per heavy atom. The predicted octanol–water partition coefficient (Wildman–Crippen LogP) is 4.39. The Morgan fingerprint density at radius 3 is 2.45 bits per heavy atom. The lowest BCUT2D eigenvalue weighted by Crippen LogP contribution is -2.30. The van der Waals surface area contributed by atoms with Crippen molar-refractivity contribution in [3.05, 3.63) is 82.1 Å². The smallest absolute Gasteiger partial charge is 0.343 e. The third kappa shape index (κ3) is 4.84. The van der Waals surface area contributed by atoms with Crippen molar-refractivity contribution in [2.45, 2.75) is 33.4 Å². The van der Waals surface area contributed by atoms with Crippen molar-refractivity contribution in [3.63, 3.8) is 0 Å². The van der Waals surface area contributed by atoms with E-state index in [4.69, 9.17) is 16.3 Å². The fraction of sp³-hybridized carbons (Fsp3) is 0.227. The quantitative estimate of drug-likeness (QED) is 0.610. The second kappa shape index (κ2) is 8.92. The van der Waals surface area contributed by atoms with Gasteiger partial charge in [-0.3, -0.25) is 4.79 Å². The molecule has 3 aromatic rings. The van der Waals surface area contributed by atoms with Gasteiger partial charge in [-0.1, -0.05) is 60.1 Å². The number of hydrogen-bond acceptors (Lipinski definition) is 4. The van der Waals surface area contributed by atoms with Gasteiger partial charge in [-0.15, -0.1) is 0 Å². The van der Waals surface area contributed by atoms with Gasteiger partial charge >= 0.3 is 5.97 Å². The number of nitrogens with zero attached hydrogens (tertiary/aromatic N) is 2. The fourth-order valence-corrected chi connectivity index (χ4v) is 3.18. The molecule has 0 aliphatic carbocycles. The van der Waals surface area contributed by atoms with Gasteiger partial charge in [0.05, 0.1) is 12.2 Å². The molecule has 29 heavy (non-hydrogen) atoms. The lowest BCUT2D eigenvalue weighted by atomic mass is 10.2. The third-order valence-electron chi connectivity index (χ3n) is 4.50. The molecular formula is C22H22ClN3O3. The maximum atomic E-state index is 12.6. The Hall–Kier alpha value is -3.12. The summed E-state index contributed by atoms with van der Waals surface area (Å²) in [5.41, 5.74) is 3.20. The van der Waals surface area contributed by atoms with Crippen LogP contribution in [-0.4, -0.2) is 27.8 Å². The molecule has 0 fully saturated rings. The van der Waals surface area contributed by atoms with E-state index >= 15 is 0 Å². The van der Waals surface area contributed by atoms with Crippen molar-refractivity contribution in [3.8, 4) is 0 Å². The monoisotopic (exact) mass is 411 g/mol. The average Bonchev–Trinajstić information content (AvgIpc) is 2.97. The van der Waals surface area contributed by atoms with Gasteiger partial charge in [0.2, 0.25) is 0 Å². The molecule has 150 valence electrons. The number of carbonyl (C=O) groups is 2. The van der Waals surface area contributed by atoms with E-state index in [-0.39, 0.29) is 10.7 Å². The molecule has 3 rings (SSSR count). The molecule has 0 spiro atoms. The van der Waals surface area contributed by atoms with E-state index in [1.54, 1.807) is 17.7 Å². The zero-order valence-corrected chi connectivity index (χ0v) is 17.2. The van der Waals surface area contributed by atoms with E-state index < -0.39 is 18.0 Å². The number of nitrogens with one attached hydrogen (secondary N) is 1. The summed E-state index contributed by atoms with van der Waals surface area (Å²) in [5.74, 6) is -1.10. The Morgan fingerprint density at radius 1 is 1.10 bits per heavy atom. The first-order valence-electron chi connectivity index (χ1n) is 9.21. The number of aromatic nitrogens is 2. The lowest BCUT2D eigenvalue weighted by molar-refractivity contribution is -0.123. The van der Waals surface area contributed by atoms with Crippen LogP contribution in [0, 0.1) is 13.8 Å². The van der Waals surface area contributed by atoms with Crippen molar-refractivity contribution in [1.82, 2.24) is 9.78 Å². The normalized spacial score (nSPS) is 11.7. The molecule has 0 saturated heterocycles. The number of carbonyl (C=O) groups excluding carboxylic acids is 2. The SMILES string of the molecule is Cc1ccccc1NC(=O)C(C)OC(=O)c1c(C)nn(Cc2ccccc2)c1Cl. The largest absolute Gasteiger partial charge is 0.449 e. The van der Waals surface area contributed by atoms with Gasteiger partial charge in [-0.2, -0.15) is 5.10 Å². The zero-order chi connectivity index (χ0) is 21.0. The molecule has 1 unspecified atom stereocenters. The van der Waals surface area contributed by atoms with Gasteiger partial charge in [0.1, 0.15) is 10.7 Å². The number of aryl methyl sites for hydroxylation is 2. The van der Waals surface area contributed by atoms with E-state index in [2.05, 4.69) is 10.4 Å². The number of para-hydroxylation sites is 1. The van der Waals surface area contributed by atoms with Crippen LogP contribution in [0.4, 0.5) is 5.69 Å². The first kappa shape index (κ1) is 20.6. The van der Waals surface area contributed by atoms with Gasteiger partial charge in [-0.05, 0) is 38.0 Å². The number of benzene rings is 2. The van der Waals surface area contributed by atoms with Crippen molar-refractivity contribution in [2.75, 3.05) is 5.32 Å². The third-order valence-corrected chi connectivity index (χ3v) is 4.88. The minimum Gasteiger partial charge on any atom is -0.449 e. The molecule has 2 aromatic carbocycles. The summed E-state index contributed by atoms with van der Waals surface area (Å²) < 4.78 is 6.89. The first-order chi connectivity index (χ1) is 13.9. The maximum absolute atomic E-state index is 12.6. The minimum absolute atomic E-state index is 0.165. The van der Waals surface area contributed by atoms with Gasteiger partial charge < -0.3 is 10.1 Å². The van der Waals surface area contributed by atoms with Crippen molar-refractivity contribution in [2.24, 2.45) is 0 Å². The number of amides is 1. The first-order valence-corrected chi connectivity index (χ1v) is 9.59. The highest BCUT2D eigenvalue weighted by Crippen LogP contribution is 2.23. The van der Waals surface area contributed by atoms with Crippen molar-refractivity contribution in [1.29, 1.82) is 0 Å². The Kier molecular flexibility index (Phi) is 6.34. The number of esters is 1. The second-order valence-corrected chi connectivity index (χ2v) is 7.10. The van der Waals surface area contributed by atoms with Crippen LogP contribution in [0.5, 0.6) is 0 Å². The number of anilines is 1. The molecular weight excluding hydrogens is 390 g/mol. The molecule has 1 aromatic heterocycles. The maximum Gasteiger partial charge on any atom is 0.343 e. The molecule has 1 amide bonds. The number of ether oxygens (including phenoxy) is 1. The van der Waals surface area contributed by atoms with E-state index in [1.807, 2.05) is 55.5 Å². The molecule has 0 bridgehead atoms. The highest BCUT2D eigenvalue weighted by molar-refractivity contribution is 6.32. The molecule has 6 nitrogen and oxygen atoms in total. The average molecular weight is 412 g/mol. The fourth-order valence-electron chi connectivity index (χ4n) is 2.87. The van der Waals surface area contributed by atoms with E-state index in [1.165, 1.54) is 6.92 Å². The predicted molar refractivity (Wildman–Crippen MR) is 112 cm³/mol. The Bertz CT molecular complexity index is 1030. The summed E-state index contributed by atoms with van der Waals surface area (Å²) in [6, 6.07) is 17.0. The molecule has 7 heteroatoms.